The third-order valence-corrected chi connectivity index (χ3v) is 6.73. The largest absolute Gasteiger partial charge is 0.498 e. The number of anilines is 1. The lowest BCUT2D eigenvalue weighted by Crippen LogP contribution is -2.52. The van der Waals surface area contributed by atoms with Crippen molar-refractivity contribution in [2.45, 2.75) is 110 Å². The Labute approximate surface area is 199 Å². The molecule has 0 spiro atoms. The van der Waals surface area contributed by atoms with E-state index in [-0.39, 0.29) is 18.2 Å². The Bertz CT molecular complexity index is 807. The second-order valence-corrected chi connectivity index (χ2v) is 11.5. The van der Waals surface area contributed by atoms with Gasteiger partial charge in [0.05, 0.1) is 17.2 Å². The Morgan fingerprint density at radius 2 is 1.76 bits per heavy atom. The normalized spacial score (nSPS) is 22.5. The highest BCUT2D eigenvalue weighted by Gasteiger charge is 2.52. The van der Waals surface area contributed by atoms with Crippen LogP contribution in [0.4, 0.5) is 10.7 Å². The number of aromatic nitrogens is 2. The number of rotatable bonds is 5. The highest BCUT2D eigenvalue weighted by Crippen LogP contribution is 2.36. The molecule has 1 aromatic heterocycles. The molecule has 1 amide bonds. The van der Waals surface area contributed by atoms with Crippen molar-refractivity contribution in [3.63, 3.8) is 0 Å². The zero-order valence-corrected chi connectivity index (χ0v) is 21.8. The summed E-state index contributed by atoms with van der Waals surface area (Å²) in [4.78, 5) is 26.2. The molecule has 2 fully saturated rings. The molecule has 184 valence electrons. The molecule has 9 heteroatoms. The fourth-order valence-electron chi connectivity index (χ4n) is 4.08. The van der Waals surface area contributed by atoms with Crippen LogP contribution in [-0.4, -0.2) is 70.1 Å². The topological polar surface area (TPSA) is 77.0 Å². The van der Waals surface area contributed by atoms with Gasteiger partial charge in [-0.15, -0.1) is 0 Å². The molecule has 0 N–H and O–H groups in total. The van der Waals surface area contributed by atoms with E-state index in [4.69, 9.17) is 14.0 Å². The fourth-order valence-corrected chi connectivity index (χ4v) is 4.08. The van der Waals surface area contributed by atoms with E-state index in [2.05, 4.69) is 28.7 Å². The summed E-state index contributed by atoms with van der Waals surface area (Å²) in [6, 6.07) is 0.234. The van der Waals surface area contributed by atoms with E-state index >= 15 is 0 Å². The molecule has 2 aliphatic heterocycles. The molecule has 0 aliphatic carbocycles. The molecular formula is C24H41BN4O4. The van der Waals surface area contributed by atoms with Crippen LogP contribution in [0.1, 0.15) is 81.6 Å². The van der Waals surface area contributed by atoms with E-state index in [1.54, 1.807) is 12.4 Å². The van der Waals surface area contributed by atoms with Gasteiger partial charge in [0.15, 0.2) is 0 Å². The van der Waals surface area contributed by atoms with E-state index in [1.807, 2.05) is 53.4 Å². The van der Waals surface area contributed by atoms with Gasteiger partial charge in [0, 0.05) is 37.0 Å². The minimum absolute atomic E-state index is 0.0578. The Morgan fingerprint density at radius 3 is 2.27 bits per heavy atom. The number of ether oxygens (including phenoxy) is 1. The van der Waals surface area contributed by atoms with Crippen molar-refractivity contribution in [1.82, 2.24) is 14.9 Å². The van der Waals surface area contributed by atoms with Crippen LogP contribution in [0.5, 0.6) is 0 Å². The molecule has 0 aromatic carbocycles. The quantitative estimate of drug-likeness (QED) is 0.619. The Balaban J connectivity index is 1.74. The minimum atomic E-state index is -0.511. The molecule has 33 heavy (non-hydrogen) atoms. The van der Waals surface area contributed by atoms with Crippen molar-refractivity contribution in [3.8, 4) is 0 Å². The molecule has 2 saturated heterocycles. The number of nitrogens with zero attached hydrogens (tertiary/aromatic N) is 4. The zero-order valence-electron chi connectivity index (χ0n) is 21.8. The molecule has 3 heterocycles. The molecule has 3 rings (SSSR count). The van der Waals surface area contributed by atoms with Gasteiger partial charge in [-0.25, -0.2) is 14.8 Å². The maximum absolute atomic E-state index is 12.8. The van der Waals surface area contributed by atoms with Crippen LogP contribution < -0.4 is 10.4 Å². The first kappa shape index (κ1) is 25.8. The average Bonchev–Trinajstić information content (AvgIpc) is 2.92. The molecule has 8 nitrogen and oxygen atoms in total. The molecule has 1 aromatic rings. The summed E-state index contributed by atoms with van der Waals surface area (Å²) >= 11 is 0. The average molecular weight is 460 g/mol. The Hall–Kier alpha value is -1.87. The van der Waals surface area contributed by atoms with Crippen molar-refractivity contribution >= 4 is 24.6 Å². The third kappa shape index (κ3) is 5.98. The van der Waals surface area contributed by atoms with E-state index in [1.165, 1.54) is 0 Å². The smallest absolute Gasteiger partial charge is 0.444 e. The van der Waals surface area contributed by atoms with Crippen LogP contribution in [0.25, 0.3) is 0 Å². The van der Waals surface area contributed by atoms with Crippen LogP contribution in [-0.2, 0) is 14.0 Å². The summed E-state index contributed by atoms with van der Waals surface area (Å²) in [5.41, 5.74) is -0.531. The third-order valence-electron chi connectivity index (χ3n) is 6.73. The van der Waals surface area contributed by atoms with Gasteiger partial charge >= 0.3 is 13.2 Å². The number of piperidine rings is 1. The van der Waals surface area contributed by atoms with Gasteiger partial charge in [-0.2, -0.15) is 0 Å². The van der Waals surface area contributed by atoms with Crippen LogP contribution in [0.15, 0.2) is 12.4 Å². The molecule has 1 unspecified atom stereocenters. The summed E-state index contributed by atoms with van der Waals surface area (Å²) in [5.74, 6) is 0.639. The SMILES string of the molecule is CC(C)N(CC1CCCCN1C(=O)OC(C)(C)C)c1ncc(B2OC(C)(C)C(C)(C)O2)cn1. The second-order valence-electron chi connectivity index (χ2n) is 11.5. The highest BCUT2D eigenvalue weighted by atomic mass is 16.7. The number of amides is 1. The van der Waals surface area contributed by atoms with Gasteiger partial charge in [0.2, 0.25) is 5.95 Å². The summed E-state index contributed by atoms with van der Waals surface area (Å²) in [5, 5.41) is 0. The number of carbonyl (C=O) groups excluding carboxylic acids is 1. The number of hydrogen-bond donors (Lipinski definition) is 0. The first-order valence-electron chi connectivity index (χ1n) is 12.1. The fraction of sp³-hybridized carbons (Fsp3) is 0.792. The van der Waals surface area contributed by atoms with Gasteiger partial charge in [0.25, 0.3) is 0 Å². The maximum atomic E-state index is 12.8. The summed E-state index contributed by atoms with van der Waals surface area (Å²) in [6.45, 7) is 19.4. The summed E-state index contributed by atoms with van der Waals surface area (Å²) in [7, 11) is -0.488. The van der Waals surface area contributed by atoms with Gasteiger partial charge < -0.3 is 23.8 Å². The molecule has 0 bridgehead atoms. The lowest BCUT2D eigenvalue weighted by atomic mass is 9.81. The predicted octanol–water partition coefficient (Wildman–Crippen LogP) is 3.78. The summed E-state index contributed by atoms with van der Waals surface area (Å²) < 4.78 is 17.9. The van der Waals surface area contributed by atoms with Crippen molar-refractivity contribution in [2.24, 2.45) is 0 Å². The van der Waals surface area contributed by atoms with E-state index in [0.29, 0.717) is 19.0 Å². The molecule has 1 atom stereocenters. The minimum Gasteiger partial charge on any atom is -0.444 e. The molecule has 0 saturated carbocycles. The van der Waals surface area contributed by atoms with Gasteiger partial charge in [-0.05, 0) is 81.6 Å². The van der Waals surface area contributed by atoms with Gasteiger partial charge in [-0.3, -0.25) is 0 Å². The van der Waals surface area contributed by atoms with Crippen molar-refractivity contribution in [1.29, 1.82) is 0 Å². The van der Waals surface area contributed by atoms with E-state index in [9.17, 15) is 4.79 Å². The van der Waals surface area contributed by atoms with Crippen molar-refractivity contribution in [3.05, 3.63) is 12.4 Å². The Kier molecular flexibility index (Phi) is 7.34. The second kappa shape index (κ2) is 9.41. The number of likely N-dealkylation sites (tertiary alicyclic amines) is 1. The maximum Gasteiger partial charge on any atom is 0.498 e. The lowest BCUT2D eigenvalue weighted by molar-refractivity contribution is 0.00578. The van der Waals surface area contributed by atoms with Gasteiger partial charge in [0.1, 0.15) is 5.60 Å². The molecule has 0 radical (unpaired) electrons. The first-order valence-corrected chi connectivity index (χ1v) is 12.1. The lowest BCUT2D eigenvalue weighted by Gasteiger charge is -2.40. The van der Waals surface area contributed by atoms with Crippen LogP contribution in [0.2, 0.25) is 0 Å². The monoisotopic (exact) mass is 460 g/mol. The predicted molar refractivity (Wildman–Crippen MR) is 131 cm³/mol. The molecular weight excluding hydrogens is 419 g/mol. The van der Waals surface area contributed by atoms with Crippen LogP contribution >= 0.6 is 0 Å². The summed E-state index contributed by atoms with van der Waals surface area (Å²) in [6.07, 6.45) is 6.36. The number of hydrogen-bond acceptors (Lipinski definition) is 7. The Morgan fingerprint density at radius 1 is 1.18 bits per heavy atom. The van der Waals surface area contributed by atoms with Crippen molar-refractivity contribution in [2.75, 3.05) is 18.0 Å². The molecule has 2 aliphatic rings. The zero-order chi connectivity index (χ0) is 24.6. The highest BCUT2D eigenvalue weighted by molar-refractivity contribution is 6.61. The van der Waals surface area contributed by atoms with E-state index in [0.717, 1.165) is 24.7 Å². The van der Waals surface area contributed by atoms with Crippen LogP contribution in [0.3, 0.4) is 0 Å². The van der Waals surface area contributed by atoms with E-state index < -0.39 is 23.9 Å². The van der Waals surface area contributed by atoms with Crippen molar-refractivity contribution < 1.29 is 18.8 Å². The first-order chi connectivity index (χ1) is 15.2. The van der Waals surface area contributed by atoms with Gasteiger partial charge in [-0.1, -0.05) is 0 Å². The number of carbonyl (C=O) groups is 1. The standard InChI is InChI=1S/C24H41BN4O4/c1-17(2)29(16-19-12-10-11-13-28(19)21(30)31-22(3,4)5)20-26-14-18(15-27-20)25-32-23(6,7)24(8,9)33-25/h14-15,17,19H,10-13,16H2,1-9H3. The van der Waals surface area contributed by atoms with Crippen LogP contribution in [0, 0.1) is 0 Å².